The molecule has 2 aromatic rings. The molecule has 1 aliphatic heterocycles. The van der Waals surface area contributed by atoms with E-state index in [-0.39, 0.29) is 12.5 Å². The molecule has 0 spiro atoms. The van der Waals surface area contributed by atoms with Crippen LogP contribution < -0.4 is 9.47 Å². The van der Waals surface area contributed by atoms with Crippen molar-refractivity contribution in [2.45, 2.75) is 19.4 Å². The smallest absolute Gasteiger partial charge is 0.275 e. The van der Waals surface area contributed by atoms with Crippen molar-refractivity contribution in [3.05, 3.63) is 42.1 Å². The van der Waals surface area contributed by atoms with Gasteiger partial charge in [0, 0.05) is 19.2 Å². The highest BCUT2D eigenvalue weighted by Crippen LogP contribution is 2.20. The topological polar surface area (TPSA) is 64.8 Å². The van der Waals surface area contributed by atoms with Gasteiger partial charge in [0.25, 0.3) is 5.91 Å². The number of ether oxygens (including phenoxy) is 2. The number of hydrogen-bond acceptors (Lipinski definition) is 5. The lowest BCUT2D eigenvalue weighted by atomic mass is 10.3. The monoisotopic (exact) mass is 302 g/mol. The van der Waals surface area contributed by atoms with E-state index in [4.69, 9.17) is 13.9 Å². The van der Waals surface area contributed by atoms with Gasteiger partial charge in [-0.25, -0.2) is 4.98 Å². The molecule has 0 aliphatic carbocycles. The third-order valence-electron chi connectivity index (χ3n) is 3.57. The molecule has 0 radical (unpaired) electrons. The highest BCUT2D eigenvalue weighted by Gasteiger charge is 2.22. The molecular formula is C16H18N2O4. The summed E-state index contributed by atoms with van der Waals surface area (Å²) >= 11 is 0. The molecule has 0 unspecified atom stereocenters. The minimum absolute atomic E-state index is 0.0751. The molecule has 6 heteroatoms. The van der Waals surface area contributed by atoms with Gasteiger partial charge >= 0.3 is 0 Å². The van der Waals surface area contributed by atoms with Crippen LogP contribution in [0.4, 0.5) is 0 Å². The van der Waals surface area contributed by atoms with Crippen molar-refractivity contribution in [3.8, 4) is 11.5 Å². The van der Waals surface area contributed by atoms with E-state index < -0.39 is 0 Å². The molecule has 116 valence electrons. The second kappa shape index (κ2) is 6.51. The molecule has 1 aliphatic rings. The lowest BCUT2D eigenvalue weighted by Crippen LogP contribution is -2.27. The number of aromatic nitrogens is 1. The van der Waals surface area contributed by atoms with Crippen LogP contribution in [-0.2, 0) is 6.61 Å². The molecule has 1 amide bonds. The molecule has 3 rings (SSSR count). The number of amides is 1. The predicted molar refractivity (Wildman–Crippen MR) is 79.0 cm³/mol. The molecule has 0 saturated carbocycles. The van der Waals surface area contributed by atoms with Crippen LogP contribution in [0, 0.1) is 0 Å². The average Bonchev–Trinajstić information content (AvgIpc) is 3.24. The molecule has 1 aromatic carbocycles. The van der Waals surface area contributed by atoms with E-state index in [9.17, 15) is 4.79 Å². The van der Waals surface area contributed by atoms with Gasteiger partial charge in [0.15, 0.2) is 12.3 Å². The zero-order valence-electron chi connectivity index (χ0n) is 12.4. The zero-order valence-corrected chi connectivity index (χ0v) is 12.4. The number of hydrogen-bond donors (Lipinski definition) is 0. The third kappa shape index (κ3) is 3.21. The predicted octanol–water partition coefficient (Wildman–Crippen LogP) is 2.50. The summed E-state index contributed by atoms with van der Waals surface area (Å²) < 4.78 is 16.0. The number of rotatable bonds is 5. The largest absolute Gasteiger partial charge is 0.497 e. The van der Waals surface area contributed by atoms with Crippen molar-refractivity contribution in [2.24, 2.45) is 0 Å². The Morgan fingerprint density at radius 1 is 1.32 bits per heavy atom. The van der Waals surface area contributed by atoms with E-state index in [1.165, 1.54) is 6.26 Å². The molecule has 0 atom stereocenters. The first kappa shape index (κ1) is 14.4. The number of carbonyl (C=O) groups is 1. The first-order valence-corrected chi connectivity index (χ1v) is 7.27. The Morgan fingerprint density at radius 2 is 2.09 bits per heavy atom. The standard InChI is InChI=1S/C16H18N2O4/c1-20-12-5-4-6-13(9-12)21-11-15-17-14(10-22-15)16(19)18-7-2-3-8-18/h4-6,9-10H,2-3,7-8,11H2,1H3. The maximum atomic E-state index is 12.2. The number of likely N-dealkylation sites (tertiary alicyclic amines) is 1. The Kier molecular flexibility index (Phi) is 4.27. The molecule has 1 aromatic heterocycles. The fourth-order valence-corrected chi connectivity index (χ4v) is 2.39. The van der Waals surface area contributed by atoms with Crippen LogP contribution in [-0.4, -0.2) is 36.0 Å². The van der Waals surface area contributed by atoms with E-state index in [0.29, 0.717) is 17.3 Å². The Balaban J connectivity index is 1.60. The molecule has 6 nitrogen and oxygen atoms in total. The van der Waals surface area contributed by atoms with E-state index >= 15 is 0 Å². The van der Waals surface area contributed by atoms with Gasteiger partial charge < -0.3 is 18.8 Å². The maximum absolute atomic E-state index is 12.2. The number of methoxy groups -OCH3 is 1. The van der Waals surface area contributed by atoms with Gasteiger partial charge in [-0.3, -0.25) is 4.79 Å². The van der Waals surface area contributed by atoms with Gasteiger partial charge in [-0.2, -0.15) is 0 Å². The van der Waals surface area contributed by atoms with Gasteiger partial charge in [0.1, 0.15) is 17.8 Å². The fourth-order valence-electron chi connectivity index (χ4n) is 2.39. The van der Waals surface area contributed by atoms with Gasteiger partial charge in [-0.1, -0.05) is 6.07 Å². The number of carbonyl (C=O) groups excluding carboxylic acids is 1. The summed E-state index contributed by atoms with van der Waals surface area (Å²) in [5.41, 5.74) is 0.339. The Labute approximate surface area is 128 Å². The van der Waals surface area contributed by atoms with Crippen molar-refractivity contribution in [1.29, 1.82) is 0 Å². The summed E-state index contributed by atoms with van der Waals surface area (Å²) in [7, 11) is 1.60. The van der Waals surface area contributed by atoms with Gasteiger partial charge in [0.05, 0.1) is 7.11 Å². The lowest BCUT2D eigenvalue weighted by molar-refractivity contribution is 0.0787. The normalized spacial score (nSPS) is 14.1. The first-order valence-electron chi connectivity index (χ1n) is 7.27. The van der Waals surface area contributed by atoms with Gasteiger partial charge in [-0.15, -0.1) is 0 Å². The second-order valence-corrected chi connectivity index (χ2v) is 5.09. The number of benzene rings is 1. The van der Waals surface area contributed by atoms with Crippen LogP contribution in [0.25, 0.3) is 0 Å². The van der Waals surface area contributed by atoms with E-state index in [0.717, 1.165) is 31.7 Å². The molecule has 0 N–H and O–H groups in total. The van der Waals surface area contributed by atoms with Gasteiger partial charge in [-0.05, 0) is 25.0 Å². The highest BCUT2D eigenvalue weighted by atomic mass is 16.5. The molecule has 1 saturated heterocycles. The minimum atomic E-state index is -0.0751. The van der Waals surface area contributed by atoms with Gasteiger partial charge in [0.2, 0.25) is 5.89 Å². The number of nitrogens with zero attached hydrogens (tertiary/aromatic N) is 2. The Hall–Kier alpha value is -2.50. The highest BCUT2D eigenvalue weighted by molar-refractivity contribution is 5.92. The molecule has 1 fully saturated rings. The summed E-state index contributed by atoms with van der Waals surface area (Å²) in [6.45, 7) is 1.75. The van der Waals surface area contributed by atoms with Crippen LogP contribution in [0.5, 0.6) is 11.5 Å². The summed E-state index contributed by atoms with van der Waals surface area (Å²) in [6, 6.07) is 7.28. The summed E-state index contributed by atoms with van der Waals surface area (Å²) in [5, 5.41) is 0. The summed E-state index contributed by atoms with van der Waals surface area (Å²) in [6.07, 6.45) is 3.50. The van der Waals surface area contributed by atoms with E-state index in [1.54, 1.807) is 18.1 Å². The van der Waals surface area contributed by atoms with Crippen LogP contribution >= 0.6 is 0 Å². The molecular weight excluding hydrogens is 284 g/mol. The van der Waals surface area contributed by atoms with Crippen molar-refractivity contribution < 1.29 is 18.7 Å². The van der Waals surface area contributed by atoms with E-state index in [2.05, 4.69) is 4.98 Å². The Bertz CT molecular complexity index is 647. The first-order chi connectivity index (χ1) is 10.8. The van der Waals surface area contributed by atoms with Crippen molar-refractivity contribution in [3.63, 3.8) is 0 Å². The molecule has 22 heavy (non-hydrogen) atoms. The Morgan fingerprint density at radius 3 is 2.86 bits per heavy atom. The van der Waals surface area contributed by atoms with Crippen LogP contribution in [0.15, 0.2) is 34.9 Å². The van der Waals surface area contributed by atoms with E-state index in [1.807, 2.05) is 18.2 Å². The number of oxazole rings is 1. The maximum Gasteiger partial charge on any atom is 0.275 e. The molecule has 2 heterocycles. The lowest BCUT2D eigenvalue weighted by Gasteiger charge is -2.12. The fraction of sp³-hybridized carbons (Fsp3) is 0.375. The van der Waals surface area contributed by atoms with Crippen molar-refractivity contribution in [1.82, 2.24) is 9.88 Å². The SMILES string of the molecule is COc1cccc(OCc2nc(C(=O)N3CCCC3)co2)c1. The quantitative estimate of drug-likeness (QED) is 0.849. The summed E-state index contributed by atoms with van der Waals surface area (Å²) in [4.78, 5) is 18.2. The third-order valence-corrected chi connectivity index (χ3v) is 3.57. The zero-order chi connectivity index (χ0) is 15.4. The second-order valence-electron chi connectivity index (χ2n) is 5.09. The molecule has 0 bridgehead atoms. The average molecular weight is 302 g/mol. The minimum Gasteiger partial charge on any atom is -0.497 e. The van der Waals surface area contributed by atoms with Crippen molar-refractivity contribution in [2.75, 3.05) is 20.2 Å². The van der Waals surface area contributed by atoms with Crippen LogP contribution in [0.3, 0.4) is 0 Å². The van der Waals surface area contributed by atoms with Crippen LogP contribution in [0.1, 0.15) is 29.2 Å². The van der Waals surface area contributed by atoms with Crippen molar-refractivity contribution >= 4 is 5.91 Å². The summed E-state index contributed by atoms with van der Waals surface area (Å²) in [5.74, 6) is 1.68. The van der Waals surface area contributed by atoms with Crippen LogP contribution in [0.2, 0.25) is 0 Å².